The summed E-state index contributed by atoms with van der Waals surface area (Å²) in [7, 11) is -4.20. The fourth-order valence-corrected chi connectivity index (χ4v) is 7.33. The van der Waals surface area contributed by atoms with E-state index in [9.17, 15) is 0 Å². The molecule has 1 saturated heterocycles. The molecule has 0 unspecified atom stereocenters. The molecule has 4 heterocycles. The van der Waals surface area contributed by atoms with Gasteiger partial charge in [0.2, 0.25) is 11.8 Å². The van der Waals surface area contributed by atoms with Crippen molar-refractivity contribution >= 4 is 33.7 Å². The van der Waals surface area contributed by atoms with Crippen LogP contribution in [0.25, 0.3) is 22.6 Å². The van der Waals surface area contributed by atoms with Gasteiger partial charge in [0.1, 0.15) is 24.8 Å². The first-order valence-corrected chi connectivity index (χ1v) is 21.9. The van der Waals surface area contributed by atoms with Crippen molar-refractivity contribution in [1.29, 1.82) is 0 Å². The van der Waals surface area contributed by atoms with Gasteiger partial charge in [0.25, 0.3) is 0 Å². The SMILES string of the molecule is CC(C)(C)[Si](C)(C)OC[C@H]1O[C@@H](n2c(-c3cccnc3)nc3c(OCc4ccccc4)nc(N)nc32)C[C@@H]1O[Si](C)(C)C(C)(C)C. The minimum Gasteiger partial charge on any atom is -0.471 e. The van der Waals surface area contributed by atoms with Crippen LogP contribution in [0.15, 0.2) is 54.9 Å². The maximum atomic E-state index is 7.07. The first-order valence-electron chi connectivity index (χ1n) is 16.1. The smallest absolute Gasteiger partial charge is 0.247 e. The molecule has 10 nitrogen and oxygen atoms in total. The highest BCUT2D eigenvalue weighted by Gasteiger charge is 2.47. The van der Waals surface area contributed by atoms with Gasteiger partial charge in [-0.2, -0.15) is 9.97 Å². The van der Waals surface area contributed by atoms with Gasteiger partial charge in [0.05, 0.1) is 12.7 Å². The zero-order valence-electron chi connectivity index (χ0n) is 29.0. The van der Waals surface area contributed by atoms with Gasteiger partial charge in [-0.3, -0.25) is 9.55 Å². The molecule has 0 bridgehead atoms. The molecule has 5 rings (SSSR count). The Kier molecular flexibility index (Phi) is 9.51. The summed E-state index contributed by atoms with van der Waals surface area (Å²) in [5.74, 6) is 1.06. The molecule has 0 aliphatic carbocycles. The number of nitrogen functional groups attached to an aromatic ring is 1. The van der Waals surface area contributed by atoms with Crippen LogP contribution in [0.2, 0.25) is 36.3 Å². The maximum absolute atomic E-state index is 7.07. The summed E-state index contributed by atoms with van der Waals surface area (Å²) in [6, 6.07) is 13.8. The lowest BCUT2D eigenvalue weighted by Gasteiger charge is -2.40. The molecule has 4 aromatic rings. The summed E-state index contributed by atoms with van der Waals surface area (Å²) in [4.78, 5) is 18.6. The number of nitrogens with two attached hydrogens (primary N) is 1. The fourth-order valence-electron chi connectivity index (χ4n) is 4.96. The van der Waals surface area contributed by atoms with Crippen molar-refractivity contribution in [3.63, 3.8) is 0 Å². The molecular weight excluding hydrogens is 613 g/mol. The highest BCUT2D eigenvalue weighted by Crippen LogP contribution is 2.44. The molecule has 1 fully saturated rings. The van der Waals surface area contributed by atoms with Crippen LogP contribution in [0.5, 0.6) is 5.88 Å². The number of anilines is 1. The van der Waals surface area contributed by atoms with Crippen molar-refractivity contribution in [1.82, 2.24) is 24.5 Å². The number of nitrogens with zero attached hydrogens (tertiary/aromatic N) is 5. The Hall–Kier alpha value is -3.17. The first kappa shape index (κ1) is 34.2. The standard InChI is InChI=1S/C34H50N6O4Si2/c1-33(2,3)45(7,8)42-22-26-25(44-46(9,10)34(4,5)6)19-27(43-26)40-29(24-17-14-18-36-20-24)37-28-30(40)38-32(35)39-31(28)41-21-23-15-12-11-13-16-23/h11-18,20,25-27H,19,21-22H2,1-10H3,(H2,35,38,39)/t25-,26+,27+/m0/s1. The second-order valence-electron chi connectivity index (χ2n) is 15.2. The molecule has 1 aliphatic rings. The molecule has 2 N–H and O–H groups in total. The first-order chi connectivity index (χ1) is 21.5. The normalized spacial score (nSPS) is 19.6. The van der Waals surface area contributed by atoms with Crippen molar-refractivity contribution in [2.75, 3.05) is 12.3 Å². The number of ether oxygens (including phenoxy) is 2. The maximum Gasteiger partial charge on any atom is 0.247 e. The van der Waals surface area contributed by atoms with Crippen LogP contribution in [0.3, 0.4) is 0 Å². The largest absolute Gasteiger partial charge is 0.471 e. The summed E-state index contributed by atoms with van der Waals surface area (Å²) < 4.78 is 28.9. The second-order valence-corrected chi connectivity index (χ2v) is 24.8. The van der Waals surface area contributed by atoms with E-state index in [1.807, 2.05) is 47.0 Å². The lowest BCUT2D eigenvalue weighted by molar-refractivity contribution is -0.0378. The van der Waals surface area contributed by atoms with Crippen LogP contribution in [-0.2, 0) is 20.2 Å². The highest BCUT2D eigenvalue weighted by atomic mass is 28.4. The van der Waals surface area contributed by atoms with E-state index >= 15 is 0 Å². The van der Waals surface area contributed by atoms with E-state index in [0.717, 1.165) is 11.1 Å². The molecule has 46 heavy (non-hydrogen) atoms. The number of pyridine rings is 1. The molecule has 0 saturated carbocycles. The third kappa shape index (κ3) is 7.20. The third-order valence-corrected chi connectivity index (χ3v) is 18.8. The number of hydrogen-bond acceptors (Lipinski definition) is 9. The number of benzene rings is 1. The topological polar surface area (TPSA) is 119 Å². The quantitative estimate of drug-likeness (QED) is 0.170. The van der Waals surface area contributed by atoms with Crippen molar-refractivity contribution in [3.8, 4) is 17.3 Å². The van der Waals surface area contributed by atoms with Gasteiger partial charge in [-0.1, -0.05) is 71.9 Å². The van der Waals surface area contributed by atoms with Crippen LogP contribution in [0.4, 0.5) is 5.95 Å². The summed E-state index contributed by atoms with van der Waals surface area (Å²) in [5.41, 5.74) is 9.18. The number of rotatable bonds is 10. The molecule has 0 radical (unpaired) electrons. The van der Waals surface area contributed by atoms with Crippen LogP contribution in [-0.4, -0.2) is 60.0 Å². The lowest BCUT2D eigenvalue weighted by atomic mass is 10.2. The lowest BCUT2D eigenvalue weighted by Crippen LogP contribution is -2.48. The molecule has 1 aromatic carbocycles. The van der Waals surface area contributed by atoms with Crippen LogP contribution in [0, 0.1) is 0 Å². The Labute approximate surface area is 275 Å². The van der Waals surface area contributed by atoms with Crippen LogP contribution >= 0.6 is 0 Å². The Bertz CT molecular complexity index is 1630. The predicted octanol–water partition coefficient (Wildman–Crippen LogP) is 7.75. The number of aromatic nitrogens is 5. The number of fused-ring (bicyclic) bond motifs is 1. The number of hydrogen-bond donors (Lipinski definition) is 1. The molecule has 3 atom stereocenters. The Morgan fingerprint density at radius 3 is 2.24 bits per heavy atom. The molecule has 3 aromatic heterocycles. The minimum absolute atomic E-state index is 0.0329. The van der Waals surface area contributed by atoms with Crippen molar-refractivity contribution in [2.24, 2.45) is 0 Å². The molecular formula is C34H50N6O4Si2. The van der Waals surface area contributed by atoms with E-state index < -0.39 is 22.9 Å². The van der Waals surface area contributed by atoms with Gasteiger partial charge in [0, 0.05) is 24.4 Å². The molecule has 1 aliphatic heterocycles. The second kappa shape index (κ2) is 12.8. The number of imidazole rings is 1. The fraction of sp³-hybridized carbons (Fsp3) is 0.529. The average molecular weight is 663 g/mol. The van der Waals surface area contributed by atoms with Crippen molar-refractivity contribution in [3.05, 3.63) is 60.4 Å². The Balaban J connectivity index is 1.57. The molecule has 248 valence electrons. The van der Waals surface area contributed by atoms with Gasteiger partial charge < -0.3 is 24.1 Å². The van der Waals surface area contributed by atoms with Gasteiger partial charge in [-0.25, -0.2) is 4.98 Å². The minimum atomic E-state index is -2.15. The predicted molar refractivity (Wildman–Crippen MR) is 187 cm³/mol. The zero-order valence-corrected chi connectivity index (χ0v) is 31.0. The van der Waals surface area contributed by atoms with Gasteiger partial charge in [-0.05, 0) is 54.0 Å². The van der Waals surface area contributed by atoms with E-state index in [1.54, 1.807) is 12.4 Å². The van der Waals surface area contributed by atoms with E-state index in [0.29, 0.717) is 42.5 Å². The zero-order chi connectivity index (χ0) is 33.5. The summed E-state index contributed by atoms with van der Waals surface area (Å²) in [6.45, 7) is 23.4. The van der Waals surface area contributed by atoms with E-state index in [2.05, 4.69) is 77.7 Å². The molecule has 0 spiro atoms. The van der Waals surface area contributed by atoms with Crippen molar-refractivity contribution in [2.45, 2.75) is 109 Å². The summed E-state index contributed by atoms with van der Waals surface area (Å²) in [5, 5.41) is 0.102. The Morgan fingerprint density at radius 1 is 0.913 bits per heavy atom. The van der Waals surface area contributed by atoms with Crippen LogP contribution < -0.4 is 10.5 Å². The highest BCUT2D eigenvalue weighted by molar-refractivity contribution is 6.74. The molecule has 12 heteroatoms. The van der Waals surface area contributed by atoms with E-state index in [-0.39, 0.29) is 28.2 Å². The van der Waals surface area contributed by atoms with Crippen LogP contribution in [0.1, 0.15) is 59.8 Å². The molecule has 0 amide bonds. The van der Waals surface area contributed by atoms with Gasteiger partial charge in [0.15, 0.2) is 27.8 Å². The van der Waals surface area contributed by atoms with E-state index in [4.69, 9.17) is 34.0 Å². The Morgan fingerprint density at radius 2 is 1.61 bits per heavy atom. The van der Waals surface area contributed by atoms with Gasteiger partial charge in [-0.15, -0.1) is 0 Å². The summed E-state index contributed by atoms with van der Waals surface area (Å²) >= 11 is 0. The monoisotopic (exact) mass is 662 g/mol. The third-order valence-electron chi connectivity index (χ3n) is 9.80. The average Bonchev–Trinajstić information content (AvgIpc) is 3.55. The summed E-state index contributed by atoms with van der Waals surface area (Å²) in [6.07, 6.45) is 3.23. The van der Waals surface area contributed by atoms with E-state index in [1.165, 1.54) is 0 Å². The van der Waals surface area contributed by atoms with Gasteiger partial charge >= 0.3 is 0 Å². The van der Waals surface area contributed by atoms with Crippen molar-refractivity contribution < 1.29 is 18.3 Å².